The van der Waals surface area contributed by atoms with E-state index in [0.717, 1.165) is 16.6 Å². The molecule has 98 valence electrons. The van der Waals surface area contributed by atoms with E-state index in [0.29, 0.717) is 4.77 Å². The summed E-state index contributed by atoms with van der Waals surface area (Å²) in [6.45, 7) is 3.42. The van der Waals surface area contributed by atoms with Gasteiger partial charge in [0, 0.05) is 6.04 Å². The molecule has 1 unspecified atom stereocenters. The number of aryl methyl sites for hydroxylation is 1. The Morgan fingerprint density at radius 1 is 1.39 bits per heavy atom. The molecule has 1 heterocycles. The lowest BCUT2D eigenvalue weighted by atomic mass is 10.2. The molecular formula is C12H13F3N2S. The number of aromatic nitrogens is 2. The Labute approximate surface area is 107 Å². The lowest BCUT2D eigenvalue weighted by Crippen LogP contribution is -2.16. The molecule has 0 saturated heterocycles. The van der Waals surface area contributed by atoms with Gasteiger partial charge >= 0.3 is 6.18 Å². The largest absolute Gasteiger partial charge is 0.391 e. The maximum atomic E-state index is 12.5. The topological polar surface area (TPSA) is 20.7 Å². The van der Waals surface area contributed by atoms with Gasteiger partial charge in [0.1, 0.15) is 0 Å². The first-order chi connectivity index (χ1) is 8.29. The smallest absolute Gasteiger partial charge is 0.330 e. The van der Waals surface area contributed by atoms with Crippen LogP contribution in [0.5, 0.6) is 0 Å². The highest BCUT2D eigenvalue weighted by molar-refractivity contribution is 7.71. The molecule has 0 aliphatic rings. The molecule has 2 aromatic rings. The normalized spacial score (nSPS) is 14.1. The summed E-state index contributed by atoms with van der Waals surface area (Å²) in [7, 11) is 0. The van der Waals surface area contributed by atoms with Crippen LogP contribution in [0.2, 0.25) is 0 Å². The van der Waals surface area contributed by atoms with E-state index >= 15 is 0 Å². The van der Waals surface area contributed by atoms with Crippen molar-refractivity contribution >= 4 is 23.3 Å². The minimum absolute atomic E-state index is 0.330. The number of benzene rings is 1. The van der Waals surface area contributed by atoms with Crippen LogP contribution in [0, 0.1) is 11.7 Å². The second-order valence-electron chi connectivity index (χ2n) is 4.44. The highest BCUT2D eigenvalue weighted by atomic mass is 32.1. The van der Waals surface area contributed by atoms with E-state index in [1.165, 1.54) is 11.5 Å². The van der Waals surface area contributed by atoms with Gasteiger partial charge in [-0.05, 0) is 37.7 Å². The first kappa shape index (κ1) is 13.1. The highest BCUT2D eigenvalue weighted by Gasteiger charge is 2.31. The van der Waals surface area contributed by atoms with Crippen molar-refractivity contribution in [2.45, 2.75) is 32.5 Å². The minimum atomic E-state index is -4.19. The molecule has 0 amide bonds. The van der Waals surface area contributed by atoms with E-state index in [9.17, 15) is 13.2 Å². The second kappa shape index (κ2) is 4.42. The fraction of sp³-hybridized carbons (Fsp3) is 0.417. The molecule has 0 bridgehead atoms. The molecule has 0 saturated carbocycles. The third-order valence-corrected chi connectivity index (χ3v) is 3.23. The summed E-state index contributed by atoms with van der Waals surface area (Å²) in [5.74, 6) is 0. The fourth-order valence-corrected chi connectivity index (χ4v) is 2.54. The van der Waals surface area contributed by atoms with Gasteiger partial charge in [-0.25, -0.2) is 0 Å². The third kappa shape index (κ3) is 2.43. The van der Waals surface area contributed by atoms with Crippen molar-refractivity contribution in [2.75, 3.05) is 0 Å². The van der Waals surface area contributed by atoms with E-state index in [1.807, 2.05) is 19.1 Å². The molecule has 6 heteroatoms. The lowest BCUT2D eigenvalue weighted by molar-refractivity contribution is -0.141. The Morgan fingerprint density at radius 3 is 2.67 bits per heavy atom. The van der Waals surface area contributed by atoms with Gasteiger partial charge in [0.25, 0.3) is 0 Å². The van der Waals surface area contributed by atoms with Crippen LogP contribution in [0.3, 0.4) is 0 Å². The molecule has 2 rings (SSSR count). The van der Waals surface area contributed by atoms with Crippen LogP contribution in [0.4, 0.5) is 13.2 Å². The number of rotatable bonds is 2. The maximum absolute atomic E-state index is 12.5. The monoisotopic (exact) mass is 274 g/mol. The molecule has 0 spiro atoms. The molecule has 0 fully saturated rings. The molecule has 0 aliphatic carbocycles. The zero-order chi connectivity index (χ0) is 13.5. The van der Waals surface area contributed by atoms with Gasteiger partial charge in [0.2, 0.25) is 0 Å². The predicted molar refractivity (Wildman–Crippen MR) is 67.2 cm³/mol. The predicted octanol–water partition coefficient (Wildman–Crippen LogP) is 4.52. The number of aromatic amines is 1. The van der Waals surface area contributed by atoms with Gasteiger partial charge in [-0.2, -0.15) is 13.2 Å². The molecule has 1 N–H and O–H groups in total. The summed E-state index contributed by atoms with van der Waals surface area (Å²) in [6, 6.07) is 4.78. The van der Waals surface area contributed by atoms with Gasteiger partial charge in [-0.3, -0.25) is 0 Å². The number of nitrogens with one attached hydrogen (secondary N) is 1. The van der Waals surface area contributed by atoms with Gasteiger partial charge in [0.05, 0.1) is 17.5 Å². The Hall–Kier alpha value is -1.30. The Kier molecular flexibility index (Phi) is 3.23. The molecule has 1 aromatic carbocycles. The van der Waals surface area contributed by atoms with Crippen LogP contribution in [0.15, 0.2) is 18.2 Å². The molecular weight excluding hydrogens is 261 g/mol. The second-order valence-corrected chi connectivity index (χ2v) is 4.82. The minimum Gasteiger partial charge on any atom is -0.330 e. The number of hydrogen-bond acceptors (Lipinski definition) is 1. The van der Waals surface area contributed by atoms with Gasteiger partial charge in [-0.15, -0.1) is 0 Å². The van der Waals surface area contributed by atoms with Crippen LogP contribution in [-0.2, 0) is 0 Å². The first-order valence-electron chi connectivity index (χ1n) is 5.56. The van der Waals surface area contributed by atoms with Crippen LogP contribution in [0.25, 0.3) is 11.0 Å². The van der Waals surface area contributed by atoms with Crippen molar-refractivity contribution in [1.82, 2.24) is 9.55 Å². The van der Waals surface area contributed by atoms with E-state index in [-0.39, 0.29) is 0 Å². The highest BCUT2D eigenvalue weighted by Crippen LogP contribution is 2.30. The number of halogens is 3. The van der Waals surface area contributed by atoms with Gasteiger partial charge < -0.3 is 9.55 Å². The summed E-state index contributed by atoms with van der Waals surface area (Å²) < 4.78 is 39.2. The lowest BCUT2D eigenvalue weighted by Gasteiger charge is -2.16. The number of alkyl halides is 3. The molecule has 2 nitrogen and oxygen atoms in total. The molecule has 1 aromatic heterocycles. The van der Waals surface area contributed by atoms with Crippen LogP contribution >= 0.6 is 12.2 Å². The van der Waals surface area contributed by atoms with Crippen molar-refractivity contribution in [3.05, 3.63) is 28.5 Å². The molecule has 18 heavy (non-hydrogen) atoms. The van der Waals surface area contributed by atoms with Crippen molar-refractivity contribution in [2.24, 2.45) is 0 Å². The molecule has 1 atom stereocenters. The van der Waals surface area contributed by atoms with Gasteiger partial charge in [0.15, 0.2) is 4.77 Å². The Balaban J connectivity index is 2.54. The Bertz CT molecular complexity index is 624. The summed E-state index contributed by atoms with van der Waals surface area (Å²) in [5.41, 5.74) is 2.49. The average Bonchev–Trinajstić information content (AvgIpc) is 2.53. The van der Waals surface area contributed by atoms with E-state index in [1.54, 1.807) is 6.07 Å². The SMILES string of the molecule is Cc1cccc2c1[nH]c(=S)n2C(C)CC(F)(F)F. The van der Waals surface area contributed by atoms with E-state index in [4.69, 9.17) is 12.2 Å². The number of nitrogens with zero attached hydrogens (tertiary/aromatic N) is 1. The van der Waals surface area contributed by atoms with Crippen molar-refractivity contribution in [3.8, 4) is 0 Å². The van der Waals surface area contributed by atoms with Crippen molar-refractivity contribution < 1.29 is 13.2 Å². The summed E-state index contributed by atoms with van der Waals surface area (Å²) >= 11 is 5.12. The third-order valence-electron chi connectivity index (χ3n) is 2.93. The van der Waals surface area contributed by atoms with E-state index < -0.39 is 18.6 Å². The number of fused-ring (bicyclic) bond motifs is 1. The van der Waals surface area contributed by atoms with Crippen LogP contribution in [0.1, 0.15) is 24.9 Å². The van der Waals surface area contributed by atoms with Crippen molar-refractivity contribution in [1.29, 1.82) is 0 Å². The molecule has 0 aliphatic heterocycles. The summed E-state index contributed by atoms with van der Waals surface area (Å²) in [4.78, 5) is 2.97. The molecule has 0 radical (unpaired) electrons. The summed E-state index contributed by atoms with van der Waals surface area (Å²) in [5, 5.41) is 0. The number of imidazole rings is 1. The van der Waals surface area contributed by atoms with Crippen molar-refractivity contribution in [3.63, 3.8) is 0 Å². The first-order valence-corrected chi connectivity index (χ1v) is 5.97. The maximum Gasteiger partial charge on any atom is 0.391 e. The fourth-order valence-electron chi connectivity index (χ4n) is 2.16. The average molecular weight is 274 g/mol. The standard InChI is InChI=1S/C12H13F3N2S/c1-7-4-3-5-9-10(7)16-11(18)17(9)8(2)6-12(13,14)15/h3-5,8H,6H2,1-2H3,(H,16,18). The number of H-pyrrole nitrogens is 1. The van der Waals surface area contributed by atoms with Crippen LogP contribution in [-0.4, -0.2) is 15.7 Å². The van der Waals surface area contributed by atoms with E-state index in [2.05, 4.69) is 4.98 Å². The van der Waals surface area contributed by atoms with Crippen LogP contribution < -0.4 is 0 Å². The zero-order valence-electron chi connectivity index (χ0n) is 10.0. The number of hydrogen-bond donors (Lipinski definition) is 1. The number of para-hydroxylation sites is 1. The zero-order valence-corrected chi connectivity index (χ0v) is 10.8. The van der Waals surface area contributed by atoms with Gasteiger partial charge in [-0.1, -0.05) is 12.1 Å². The summed E-state index contributed by atoms with van der Waals surface area (Å²) in [6.07, 6.45) is -5.08. The quantitative estimate of drug-likeness (QED) is 0.798. The Morgan fingerprint density at radius 2 is 2.06 bits per heavy atom.